The average Bonchev–Trinajstić information content (AvgIpc) is 3.22. The van der Waals surface area contributed by atoms with Gasteiger partial charge in [0, 0.05) is 36.7 Å². The minimum Gasteiger partial charge on any atom is -0.339 e. The van der Waals surface area contributed by atoms with Crippen molar-refractivity contribution in [2.75, 3.05) is 10.6 Å². The van der Waals surface area contributed by atoms with Gasteiger partial charge in [-0.15, -0.1) is 0 Å². The Morgan fingerprint density at radius 2 is 1.75 bits per heavy atom. The van der Waals surface area contributed by atoms with Gasteiger partial charge in [-0.3, -0.25) is 14.4 Å². The summed E-state index contributed by atoms with van der Waals surface area (Å²) >= 11 is 0. The maximum atomic E-state index is 12.4. The molecule has 2 aromatic heterocycles. The Morgan fingerprint density at radius 1 is 1.03 bits per heavy atom. The van der Waals surface area contributed by atoms with Gasteiger partial charge in [0.15, 0.2) is 0 Å². The molecule has 9 heteroatoms. The van der Waals surface area contributed by atoms with Crippen molar-refractivity contribution in [3.05, 3.63) is 70.3 Å². The molecule has 2 heterocycles. The van der Waals surface area contributed by atoms with Crippen LogP contribution in [0, 0.1) is 6.92 Å². The van der Waals surface area contributed by atoms with Crippen LogP contribution in [0.15, 0.2) is 57.8 Å². The molecule has 9 nitrogen and oxygen atoms in total. The molecule has 3 N–H and O–H groups in total. The minimum absolute atomic E-state index is 0.127. The maximum absolute atomic E-state index is 12.4. The largest absolute Gasteiger partial charge is 0.339 e. The Morgan fingerprint density at radius 3 is 2.47 bits per heavy atom. The summed E-state index contributed by atoms with van der Waals surface area (Å²) in [6.07, 6.45) is 0.357. The number of amides is 2. The molecule has 0 aliphatic heterocycles. The minimum atomic E-state index is -0.311. The summed E-state index contributed by atoms with van der Waals surface area (Å²) in [5, 5.41) is 10.2. The lowest BCUT2D eigenvalue weighted by atomic mass is 10.1. The molecule has 0 fully saturated rings. The van der Waals surface area contributed by atoms with E-state index in [1.807, 2.05) is 25.1 Å². The van der Waals surface area contributed by atoms with E-state index in [0.717, 1.165) is 16.5 Å². The Balaban J connectivity index is 1.40. The predicted molar refractivity (Wildman–Crippen MR) is 120 cm³/mol. The SMILES string of the molecule is CC(=O)Nc1ccc(NC(=O)CCc2nc(-c3cc4cc(C)ccc4[nH]c3=O)no2)cc1. The fourth-order valence-electron chi connectivity index (χ4n) is 3.24. The van der Waals surface area contributed by atoms with E-state index in [1.165, 1.54) is 6.92 Å². The van der Waals surface area contributed by atoms with Crippen LogP contribution in [0.5, 0.6) is 0 Å². The first-order chi connectivity index (χ1) is 15.4. The third kappa shape index (κ3) is 4.89. The number of nitrogens with zero attached hydrogens (tertiary/aromatic N) is 2. The molecule has 32 heavy (non-hydrogen) atoms. The zero-order valence-electron chi connectivity index (χ0n) is 17.6. The Labute approximate surface area is 182 Å². The number of carbonyl (C=O) groups is 2. The van der Waals surface area contributed by atoms with Gasteiger partial charge in [-0.2, -0.15) is 4.98 Å². The van der Waals surface area contributed by atoms with Crippen molar-refractivity contribution in [1.29, 1.82) is 0 Å². The van der Waals surface area contributed by atoms with Crippen molar-refractivity contribution in [1.82, 2.24) is 15.1 Å². The number of nitrogens with one attached hydrogen (secondary N) is 3. The van der Waals surface area contributed by atoms with E-state index in [0.29, 0.717) is 16.9 Å². The number of aryl methyl sites for hydroxylation is 2. The van der Waals surface area contributed by atoms with E-state index in [1.54, 1.807) is 30.3 Å². The maximum Gasteiger partial charge on any atom is 0.259 e. The topological polar surface area (TPSA) is 130 Å². The second-order valence-electron chi connectivity index (χ2n) is 7.42. The molecule has 0 saturated heterocycles. The van der Waals surface area contributed by atoms with Gasteiger partial charge in [0.25, 0.3) is 5.56 Å². The fourth-order valence-corrected chi connectivity index (χ4v) is 3.24. The van der Waals surface area contributed by atoms with Crippen LogP contribution in [-0.2, 0) is 16.0 Å². The quantitative estimate of drug-likeness (QED) is 0.429. The van der Waals surface area contributed by atoms with E-state index < -0.39 is 0 Å². The fraction of sp³-hybridized carbons (Fsp3) is 0.174. The number of rotatable bonds is 6. The van der Waals surface area contributed by atoms with Crippen LogP contribution in [0.25, 0.3) is 22.3 Å². The number of fused-ring (bicyclic) bond motifs is 1. The third-order valence-electron chi connectivity index (χ3n) is 4.76. The summed E-state index contributed by atoms with van der Waals surface area (Å²) in [5.74, 6) is 0.0519. The van der Waals surface area contributed by atoms with Crippen molar-refractivity contribution in [2.45, 2.75) is 26.7 Å². The van der Waals surface area contributed by atoms with Crippen LogP contribution in [0.3, 0.4) is 0 Å². The Hall–Kier alpha value is -4.27. The molecule has 2 amide bonds. The molecule has 0 bridgehead atoms. The highest BCUT2D eigenvalue weighted by Gasteiger charge is 2.14. The first-order valence-corrected chi connectivity index (χ1v) is 10.0. The normalized spacial score (nSPS) is 10.8. The summed E-state index contributed by atoms with van der Waals surface area (Å²) in [6, 6.07) is 14.3. The number of anilines is 2. The molecule has 0 atom stereocenters. The molecule has 0 saturated carbocycles. The van der Waals surface area contributed by atoms with Crippen LogP contribution >= 0.6 is 0 Å². The van der Waals surface area contributed by atoms with Crippen LogP contribution in [0.1, 0.15) is 24.8 Å². The number of H-pyrrole nitrogens is 1. The zero-order chi connectivity index (χ0) is 22.7. The lowest BCUT2D eigenvalue weighted by Crippen LogP contribution is -2.12. The van der Waals surface area contributed by atoms with E-state index >= 15 is 0 Å². The van der Waals surface area contributed by atoms with Gasteiger partial charge in [0.1, 0.15) is 0 Å². The number of aromatic nitrogens is 3. The van der Waals surface area contributed by atoms with Gasteiger partial charge in [0.2, 0.25) is 23.5 Å². The van der Waals surface area contributed by atoms with Crippen molar-refractivity contribution < 1.29 is 14.1 Å². The van der Waals surface area contributed by atoms with E-state index in [4.69, 9.17) is 4.52 Å². The van der Waals surface area contributed by atoms with Gasteiger partial charge in [0.05, 0.1) is 5.56 Å². The van der Waals surface area contributed by atoms with Crippen LogP contribution in [0.2, 0.25) is 0 Å². The summed E-state index contributed by atoms with van der Waals surface area (Å²) in [5.41, 5.74) is 3.05. The molecule has 0 aliphatic rings. The summed E-state index contributed by atoms with van der Waals surface area (Å²) in [7, 11) is 0. The average molecular weight is 431 g/mol. The van der Waals surface area contributed by atoms with E-state index in [-0.39, 0.29) is 41.9 Å². The van der Waals surface area contributed by atoms with Gasteiger partial charge in [-0.25, -0.2) is 0 Å². The Bertz CT molecular complexity index is 1360. The summed E-state index contributed by atoms with van der Waals surface area (Å²) in [4.78, 5) is 42.8. The molecular weight excluding hydrogens is 410 g/mol. The highest BCUT2D eigenvalue weighted by molar-refractivity contribution is 5.92. The molecule has 4 rings (SSSR count). The Kier molecular flexibility index (Phi) is 5.80. The molecule has 4 aromatic rings. The smallest absolute Gasteiger partial charge is 0.259 e. The van der Waals surface area contributed by atoms with Gasteiger partial charge >= 0.3 is 0 Å². The highest BCUT2D eigenvalue weighted by atomic mass is 16.5. The number of aromatic amines is 1. The van der Waals surface area contributed by atoms with E-state index in [2.05, 4.69) is 25.8 Å². The first-order valence-electron chi connectivity index (χ1n) is 10.0. The number of carbonyl (C=O) groups excluding carboxylic acids is 2. The lowest BCUT2D eigenvalue weighted by molar-refractivity contribution is -0.116. The van der Waals surface area contributed by atoms with Crippen molar-refractivity contribution in [3.8, 4) is 11.4 Å². The lowest BCUT2D eigenvalue weighted by Gasteiger charge is -2.06. The molecule has 0 unspecified atom stereocenters. The third-order valence-corrected chi connectivity index (χ3v) is 4.76. The number of benzene rings is 2. The zero-order valence-corrected chi connectivity index (χ0v) is 17.6. The number of hydrogen-bond acceptors (Lipinski definition) is 6. The predicted octanol–water partition coefficient (Wildman–Crippen LogP) is 3.42. The van der Waals surface area contributed by atoms with Crippen LogP contribution in [0.4, 0.5) is 11.4 Å². The van der Waals surface area contributed by atoms with Crippen molar-refractivity contribution >= 4 is 34.1 Å². The second kappa shape index (κ2) is 8.84. The monoisotopic (exact) mass is 431 g/mol. The molecule has 0 spiro atoms. The molecule has 0 radical (unpaired) electrons. The number of pyridine rings is 1. The molecule has 2 aromatic carbocycles. The van der Waals surface area contributed by atoms with E-state index in [9.17, 15) is 14.4 Å². The van der Waals surface area contributed by atoms with Gasteiger partial charge in [-0.1, -0.05) is 16.8 Å². The van der Waals surface area contributed by atoms with Crippen LogP contribution in [-0.4, -0.2) is 26.9 Å². The van der Waals surface area contributed by atoms with Crippen LogP contribution < -0.4 is 16.2 Å². The molecular formula is C23H21N5O4. The van der Waals surface area contributed by atoms with Gasteiger partial charge < -0.3 is 20.1 Å². The summed E-state index contributed by atoms with van der Waals surface area (Å²) in [6.45, 7) is 3.40. The standard InChI is InChI=1S/C23H21N5O4/c1-13-3-8-19-15(11-13)12-18(23(31)26-19)22-27-21(32-28-22)10-9-20(30)25-17-6-4-16(5-7-17)24-14(2)29/h3-8,11-12H,9-10H2,1-2H3,(H,24,29)(H,25,30)(H,26,31). The van der Waals surface area contributed by atoms with Crippen molar-refractivity contribution in [2.24, 2.45) is 0 Å². The second-order valence-corrected chi connectivity index (χ2v) is 7.42. The number of hydrogen-bond donors (Lipinski definition) is 3. The van der Waals surface area contributed by atoms with Gasteiger partial charge in [-0.05, 0) is 54.8 Å². The first kappa shape index (κ1) is 21.0. The molecule has 0 aliphatic carbocycles. The summed E-state index contributed by atoms with van der Waals surface area (Å²) < 4.78 is 5.23. The van der Waals surface area contributed by atoms with Crippen molar-refractivity contribution in [3.63, 3.8) is 0 Å². The highest BCUT2D eigenvalue weighted by Crippen LogP contribution is 2.19. The molecule has 162 valence electrons.